The minimum atomic E-state index is 0. The van der Waals surface area contributed by atoms with Gasteiger partial charge in [-0.05, 0) is 65.8 Å². The summed E-state index contributed by atoms with van der Waals surface area (Å²) in [7, 11) is 0. The Morgan fingerprint density at radius 2 is 1.10 bits per heavy atom. The number of rotatable bonds is 2. The van der Waals surface area contributed by atoms with Gasteiger partial charge in [0.2, 0.25) is 0 Å². The average Bonchev–Trinajstić information content (AvgIpc) is 3.01. The minimum Gasteiger partial charge on any atom is -0.411 e. The van der Waals surface area contributed by atoms with E-state index in [9.17, 15) is 4.79 Å². The summed E-state index contributed by atoms with van der Waals surface area (Å²) in [4.78, 5) is 11.9. The van der Waals surface area contributed by atoms with Crippen molar-refractivity contribution in [2.24, 2.45) is 11.1 Å². The van der Waals surface area contributed by atoms with Gasteiger partial charge in [-0.2, -0.15) is 0 Å². The summed E-state index contributed by atoms with van der Waals surface area (Å²) in [5.74, 6) is 4.21. The summed E-state index contributed by atoms with van der Waals surface area (Å²) in [5.41, 5.74) is 7.12. The van der Waals surface area contributed by atoms with E-state index in [2.05, 4.69) is 17.1 Å². The van der Waals surface area contributed by atoms with Gasteiger partial charge < -0.3 is 10.4 Å². The Kier molecular flexibility index (Phi) is 12.7. The first-order valence-corrected chi connectivity index (χ1v) is 14.5. The second kappa shape index (κ2) is 15.7. The number of nitrogens with two attached hydrogens (primary N) is 1. The molecule has 0 aliphatic heterocycles. The maximum absolute atomic E-state index is 11.9. The first kappa shape index (κ1) is 33.9. The molecule has 0 saturated heterocycles. The van der Waals surface area contributed by atoms with Crippen molar-refractivity contribution in [2.75, 3.05) is 0 Å². The molecule has 0 heterocycles. The maximum atomic E-state index is 11.9. The molecule has 0 aromatic heterocycles. The van der Waals surface area contributed by atoms with Crippen LogP contribution in [0.2, 0.25) is 20.1 Å². The third-order valence-electron chi connectivity index (χ3n) is 7.43. The van der Waals surface area contributed by atoms with Crippen molar-refractivity contribution in [1.82, 2.24) is 0 Å². The van der Waals surface area contributed by atoms with Gasteiger partial charge in [-0.25, -0.2) is 5.90 Å². The standard InChI is InChI=1S/C16H13Cl2NO.C16H12Cl2O.ClH.H3NO/c17-14-7-5-10(9-15(14)18)11-6-8-16(19-20)13-4-2-1-3-12(11)13;17-14-7-5-10(9-15(14)18)11-6-8-16(19)13-4-2-1-3-12(11)13;;1-2/h1-5,7,9,11,20H,6,8H2;1-5,7,9,11H,6,8H2;1H;2H,1H2. The van der Waals surface area contributed by atoms with E-state index in [0.29, 0.717) is 26.5 Å². The van der Waals surface area contributed by atoms with Gasteiger partial charge in [0.15, 0.2) is 5.78 Å². The van der Waals surface area contributed by atoms with E-state index in [1.165, 1.54) is 5.56 Å². The van der Waals surface area contributed by atoms with Crippen LogP contribution in [0, 0.1) is 0 Å². The van der Waals surface area contributed by atoms with E-state index in [-0.39, 0.29) is 30.0 Å². The minimum absolute atomic E-state index is 0. The molecule has 4 N–H and O–H groups in total. The Morgan fingerprint density at radius 3 is 1.60 bits per heavy atom. The normalized spacial score (nSPS) is 17.9. The van der Waals surface area contributed by atoms with Crippen LogP contribution in [0.5, 0.6) is 0 Å². The zero-order valence-corrected chi connectivity index (χ0v) is 26.2. The number of carbonyl (C=O) groups excluding carboxylic acids is 1. The Hall–Kier alpha value is -2.61. The number of oxime groups is 1. The van der Waals surface area contributed by atoms with E-state index in [1.54, 1.807) is 0 Å². The molecule has 0 bridgehead atoms. The summed E-state index contributed by atoms with van der Waals surface area (Å²) in [6.07, 6.45) is 3.06. The quantitative estimate of drug-likeness (QED) is 0.147. The number of hydrogen-bond donors (Lipinski definition) is 3. The Balaban J connectivity index is 0.000000213. The van der Waals surface area contributed by atoms with E-state index in [4.69, 9.17) is 56.8 Å². The van der Waals surface area contributed by atoms with Gasteiger partial charge in [0.1, 0.15) is 0 Å². The fraction of sp³-hybridized carbons (Fsp3) is 0.188. The third kappa shape index (κ3) is 7.47. The highest BCUT2D eigenvalue weighted by molar-refractivity contribution is 6.42. The Bertz CT molecular complexity index is 1580. The molecule has 6 rings (SSSR count). The molecular weight excluding hydrogens is 638 g/mol. The number of Topliss-reactive ketones (excluding diaryl/α,β-unsaturated/α-hetero) is 1. The maximum Gasteiger partial charge on any atom is 0.163 e. The van der Waals surface area contributed by atoms with Gasteiger partial charge in [0.25, 0.3) is 0 Å². The molecule has 2 aliphatic rings. The lowest BCUT2D eigenvalue weighted by molar-refractivity contribution is 0.0969. The van der Waals surface area contributed by atoms with Crippen molar-refractivity contribution in [3.05, 3.63) is 138 Å². The van der Waals surface area contributed by atoms with Crippen LogP contribution in [0.4, 0.5) is 0 Å². The molecular formula is C32H29Cl5N2O3. The van der Waals surface area contributed by atoms with Gasteiger partial charge >= 0.3 is 0 Å². The Morgan fingerprint density at radius 1 is 0.643 bits per heavy atom. The molecule has 220 valence electrons. The first-order valence-electron chi connectivity index (χ1n) is 13.0. The monoisotopic (exact) mass is 664 g/mol. The number of benzene rings is 4. The summed E-state index contributed by atoms with van der Waals surface area (Å²) in [6.45, 7) is 0. The molecule has 2 unspecified atom stereocenters. The van der Waals surface area contributed by atoms with Crippen LogP contribution in [0.3, 0.4) is 0 Å². The third-order valence-corrected chi connectivity index (χ3v) is 8.90. The van der Waals surface area contributed by atoms with Crippen LogP contribution in [0.25, 0.3) is 0 Å². The zero-order chi connectivity index (χ0) is 29.5. The van der Waals surface area contributed by atoms with Crippen molar-refractivity contribution in [2.45, 2.75) is 37.5 Å². The van der Waals surface area contributed by atoms with Crippen molar-refractivity contribution >= 4 is 70.3 Å². The van der Waals surface area contributed by atoms with Crippen molar-refractivity contribution in [3.8, 4) is 0 Å². The second-order valence-electron chi connectivity index (χ2n) is 9.67. The van der Waals surface area contributed by atoms with Crippen LogP contribution < -0.4 is 5.90 Å². The highest BCUT2D eigenvalue weighted by atomic mass is 35.5. The molecule has 42 heavy (non-hydrogen) atoms. The summed E-state index contributed by atoms with van der Waals surface area (Å²) in [6, 6.07) is 27.3. The van der Waals surface area contributed by atoms with E-state index in [0.717, 1.165) is 52.8 Å². The second-order valence-corrected chi connectivity index (χ2v) is 11.3. The predicted octanol–water partition coefficient (Wildman–Crippen LogP) is 9.96. The average molecular weight is 667 g/mol. The zero-order valence-electron chi connectivity index (χ0n) is 22.3. The lowest BCUT2D eigenvalue weighted by Crippen LogP contribution is -2.17. The van der Waals surface area contributed by atoms with E-state index >= 15 is 0 Å². The number of hydrogen-bond acceptors (Lipinski definition) is 5. The fourth-order valence-corrected chi connectivity index (χ4v) is 6.12. The first-order chi connectivity index (χ1) is 19.9. The van der Waals surface area contributed by atoms with Gasteiger partial charge in [0.05, 0.1) is 25.8 Å². The molecule has 5 nitrogen and oxygen atoms in total. The lowest BCUT2D eigenvalue weighted by atomic mass is 9.78. The fourth-order valence-electron chi connectivity index (χ4n) is 5.51. The SMILES string of the molecule is Cl.NO.O=C1CCC(c2ccc(Cl)c(Cl)c2)c2ccccc21.ON=C1CCC(c2ccc(Cl)c(Cl)c2)c2ccccc21. The van der Waals surface area contributed by atoms with Crippen molar-refractivity contribution < 1.29 is 15.2 Å². The topological polar surface area (TPSA) is 95.9 Å². The van der Waals surface area contributed by atoms with Crippen LogP contribution in [0.15, 0.2) is 90.1 Å². The highest BCUT2D eigenvalue weighted by Gasteiger charge is 2.27. The molecule has 4 aromatic rings. The van der Waals surface area contributed by atoms with Gasteiger partial charge in [-0.1, -0.05) is 112 Å². The molecule has 10 heteroatoms. The van der Waals surface area contributed by atoms with Crippen LogP contribution in [-0.4, -0.2) is 21.9 Å². The van der Waals surface area contributed by atoms with Crippen LogP contribution in [-0.2, 0) is 0 Å². The lowest BCUT2D eigenvalue weighted by Gasteiger charge is -2.26. The number of halogens is 5. The highest BCUT2D eigenvalue weighted by Crippen LogP contribution is 2.40. The van der Waals surface area contributed by atoms with Crippen molar-refractivity contribution in [3.63, 3.8) is 0 Å². The van der Waals surface area contributed by atoms with E-state index < -0.39 is 0 Å². The molecule has 0 fully saturated rings. The predicted molar refractivity (Wildman–Crippen MR) is 174 cm³/mol. The molecule has 0 amide bonds. The number of carbonyl (C=O) groups is 1. The Labute approximate surface area is 271 Å². The molecule has 0 radical (unpaired) electrons. The summed E-state index contributed by atoms with van der Waals surface area (Å²) >= 11 is 24.1. The summed E-state index contributed by atoms with van der Waals surface area (Å²) in [5, 5.41) is 21.3. The number of fused-ring (bicyclic) bond motifs is 2. The molecule has 0 spiro atoms. The van der Waals surface area contributed by atoms with Gasteiger partial charge in [0, 0.05) is 29.4 Å². The largest absolute Gasteiger partial charge is 0.411 e. The van der Waals surface area contributed by atoms with Gasteiger partial charge in [-0.15, -0.1) is 12.4 Å². The van der Waals surface area contributed by atoms with Crippen molar-refractivity contribution in [1.29, 1.82) is 0 Å². The number of nitrogens with zero attached hydrogens (tertiary/aromatic N) is 1. The molecule has 4 aromatic carbocycles. The molecule has 0 saturated carbocycles. The van der Waals surface area contributed by atoms with Gasteiger partial charge in [-0.3, -0.25) is 4.79 Å². The summed E-state index contributed by atoms with van der Waals surface area (Å²) < 4.78 is 0. The van der Waals surface area contributed by atoms with Crippen LogP contribution >= 0.6 is 58.8 Å². The smallest absolute Gasteiger partial charge is 0.163 e. The van der Waals surface area contributed by atoms with E-state index in [1.807, 2.05) is 78.9 Å². The number of ketones is 1. The molecule has 2 atom stereocenters. The van der Waals surface area contributed by atoms with Crippen LogP contribution in [0.1, 0.15) is 75.7 Å². The molecule has 2 aliphatic carbocycles.